The molecule has 12 heavy (non-hydrogen) atoms. The molecule has 0 bridgehead atoms. The second kappa shape index (κ2) is 10.9. The summed E-state index contributed by atoms with van der Waals surface area (Å²) in [7, 11) is 19.3. The van der Waals surface area contributed by atoms with Crippen LogP contribution in [-0.2, 0) is 7.71 Å². The standard InChI is InChI=1S/5ClH.4K.NO.Ru/c;;;;;;;;;1-2;/h5*1H;;;;;;/q;;;;;4*+1;-1;+2/p-5. The second-order valence-corrected chi connectivity index (χ2v) is 32.6. The molecule has 0 saturated carbocycles. The summed E-state index contributed by atoms with van der Waals surface area (Å²) < 4.78 is 2.04. The van der Waals surface area contributed by atoms with E-state index < -0.39 is 7.71 Å². The molecular formula is Cl5K4NORu. The number of hydrogen-bond acceptors (Lipinski definition) is 2. The molecule has 0 aliphatic rings. The predicted octanol–water partition coefficient (Wildman–Crippen LogP) is -8.32. The van der Waals surface area contributed by atoms with Crippen molar-refractivity contribution in [2.24, 2.45) is 3.92 Å². The summed E-state index contributed by atoms with van der Waals surface area (Å²) in [6, 6.07) is 0. The van der Waals surface area contributed by atoms with Gasteiger partial charge in [-0.25, -0.2) is 0 Å². The van der Waals surface area contributed by atoms with Gasteiger partial charge < -0.3 is 0 Å². The topological polar surface area (TPSA) is 29.4 Å². The van der Waals surface area contributed by atoms with Gasteiger partial charge in [0.15, 0.2) is 0 Å². The van der Waals surface area contributed by atoms with E-state index in [1.807, 2.05) is 3.92 Å². The van der Waals surface area contributed by atoms with E-state index in [4.69, 9.17) is 48.5 Å². The largest absolute Gasteiger partial charge is 1.00 e. The van der Waals surface area contributed by atoms with Crippen LogP contribution in [0.2, 0.25) is 0 Å². The van der Waals surface area contributed by atoms with E-state index in [0.29, 0.717) is 0 Å². The zero-order chi connectivity index (χ0) is 7.12. The molecule has 0 aliphatic carbocycles. The average molecular weight is 465 g/mol. The molecule has 0 aliphatic heterocycles. The summed E-state index contributed by atoms with van der Waals surface area (Å²) in [4.78, 5) is 9.64. The molecule has 12 heteroatoms. The summed E-state index contributed by atoms with van der Waals surface area (Å²) in [6.45, 7) is 0. The fraction of sp³-hybridized carbons (Fsp3) is 0. The third-order valence-electron chi connectivity index (χ3n) is 0.122. The summed E-state index contributed by atoms with van der Waals surface area (Å²) in [5, 5.41) is 0. The quantitative estimate of drug-likeness (QED) is 0.280. The number of nitrogens with zero attached hydrogens (tertiary/aromatic N) is 1. The maximum absolute atomic E-state index is 9.64. The van der Waals surface area contributed by atoms with Crippen LogP contribution in [0.4, 0.5) is 0 Å². The van der Waals surface area contributed by atoms with Crippen LogP contribution >= 0.6 is 48.5 Å². The van der Waals surface area contributed by atoms with Gasteiger partial charge in [-0.2, -0.15) is 0 Å². The van der Waals surface area contributed by atoms with Crippen molar-refractivity contribution < 1.29 is 213 Å². The zero-order valence-corrected chi connectivity index (χ0v) is 25.1. The molecule has 0 atom stereocenters. The Labute approximate surface area is 260 Å². The van der Waals surface area contributed by atoms with Gasteiger partial charge in [-0.05, 0) is 0 Å². The Morgan fingerprint density at radius 2 is 0.833 bits per heavy atom. The number of halogens is 5. The van der Waals surface area contributed by atoms with Crippen LogP contribution in [0.5, 0.6) is 0 Å². The third kappa shape index (κ3) is 30.9. The van der Waals surface area contributed by atoms with E-state index in [2.05, 4.69) is 0 Å². The van der Waals surface area contributed by atoms with Gasteiger partial charge in [-0.1, -0.05) is 0 Å². The van der Waals surface area contributed by atoms with Crippen LogP contribution in [0.3, 0.4) is 0 Å². The van der Waals surface area contributed by atoms with Gasteiger partial charge in [0.05, 0.1) is 0 Å². The van der Waals surface area contributed by atoms with Crippen LogP contribution in [0, 0.1) is 4.91 Å². The van der Waals surface area contributed by atoms with Crippen LogP contribution in [0.25, 0.3) is 0 Å². The first kappa shape index (κ1) is 32.2. The Hall–Kier alpha value is 8.22. The van der Waals surface area contributed by atoms with Crippen molar-refractivity contribution in [2.45, 2.75) is 0 Å². The molecule has 0 heterocycles. The summed E-state index contributed by atoms with van der Waals surface area (Å²) in [6.07, 6.45) is 0. The van der Waals surface area contributed by atoms with E-state index in [1.165, 1.54) is 0 Å². The molecule has 0 spiro atoms. The van der Waals surface area contributed by atoms with E-state index in [9.17, 15) is 4.91 Å². The molecule has 0 saturated heterocycles. The Balaban J connectivity index is -0.0000000408. The SMILES string of the molecule is O=[N][Ru-4]([Cl])([Cl])([Cl])([Cl])[Cl].[K+].[K+].[K+].[K+]. The Kier molecular flexibility index (Phi) is 29.2. The molecule has 0 aromatic carbocycles. The molecule has 0 aromatic heterocycles. The van der Waals surface area contributed by atoms with Crippen LogP contribution in [0.1, 0.15) is 0 Å². The van der Waals surface area contributed by atoms with E-state index in [1.54, 1.807) is 0 Å². The van der Waals surface area contributed by atoms with Crippen molar-refractivity contribution in [3.63, 3.8) is 0 Å². The van der Waals surface area contributed by atoms with Crippen molar-refractivity contribution in [1.82, 2.24) is 0 Å². The van der Waals surface area contributed by atoms with Crippen LogP contribution in [-0.4, -0.2) is 0 Å². The molecule has 0 amide bonds. The molecule has 2 nitrogen and oxygen atoms in total. The first-order valence-electron chi connectivity index (χ1n) is 1.01. The molecule has 0 unspecified atom stereocenters. The van der Waals surface area contributed by atoms with Gasteiger partial charge in [0.1, 0.15) is 0 Å². The zero-order valence-electron chi connectivity index (χ0n) is 7.10. The van der Waals surface area contributed by atoms with Crippen molar-refractivity contribution >= 4 is 48.5 Å². The molecule has 0 N–H and O–H groups in total. The Bertz CT molecular complexity index is 127. The third-order valence-corrected chi connectivity index (χ3v) is 2.17. The molecule has 0 fully saturated rings. The Morgan fingerprint density at radius 3 is 0.833 bits per heavy atom. The van der Waals surface area contributed by atoms with Crippen molar-refractivity contribution in [2.75, 3.05) is 0 Å². The van der Waals surface area contributed by atoms with Gasteiger partial charge in [-0.15, -0.1) is 0 Å². The van der Waals surface area contributed by atoms with Gasteiger partial charge in [-0.3, -0.25) is 0 Å². The van der Waals surface area contributed by atoms with Gasteiger partial charge in [0.25, 0.3) is 0 Å². The minimum Gasteiger partial charge on any atom is 1.00 e. The number of rotatable bonds is 1. The second-order valence-electron chi connectivity index (χ2n) is 0.868. The van der Waals surface area contributed by atoms with Gasteiger partial charge in [0.2, 0.25) is 0 Å². The minimum atomic E-state index is -5.67. The average Bonchev–Trinajstić information content (AvgIpc) is 1.30. The molecule has 58 valence electrons. The van der Waals surface area contributed by atoms with E-state index >= 15 is 0 Å². The van der Waals surface area contributed by atoms with Crippen molar-refractivity contribution in [3.8, 4) is 0 Å². The summed E-state index contributed by atoms with van der Waals surface area (Å²) in [5.74, 6) is 0. The summed E-state index contributed by atoms with van der Waals surface area (Å²) >= 11 is 0. The van der Waals surface area contributed by atoms with Gasteiger partial charge in [0, 0.05) is 0 Å². The first-order valence-corrected chi connectivity index (χ1v) is 13.0. The normalized spacial score (nSPS) is 14.1. The maximum atomic E-state index is 9.64. The molecule has 0 radical (unpaired) electrons. The molecule has 0 rings (SSSR count). The minimum absolute atomic E-state index is 0. The van der Waals surface area contributed by atoms with Crippen molar-refractivity contribution in [3.05, 3.63) is 4.91 Å². The summed E-state index contributed by atoms with van der Waals surface area (Å²) in [5.41, 5.74) is 0. The van der Waals surface area contributed by atoms with E-state index in [0.717, 1.165) is 0 Å². The Morgan fingerprint density at radius 1 is 0.750 bits per heavy atom. The number of hydrogen-bond donors (Lipinski definition) is 0. The fourth-order valence-electron chi connectivity index (χ4n) is 0. The molecule has 0 aromatic rings. The van der Waals surface area contributed by atoms with Crippen molar-refractivity contribution in [1.29, 1.82) is 0 Å². The van der Waals surface area contributed by atoms with Crippen LogP contribution in [0.15, 0.2) is 3.92 Å². The van der Waals surface area contributed by atoms with Gasteiger partial charge >= 0.3 is 271 Å². The van der Waals surface area contributed by atoms with Crippen LogP contribution < -0.4 is 206 Å². The molecular weight excluding hydrogens is 465 g/mol. The predicted molar refractivity (Wildman–Crippen MR) is 35.1 cm³/mol. The maximum Gasteiger partial charge on any atom is 1.00 e. The first-order chi connectivity index (χ1) is 3.04. The fourth-order valence-corrected chi connectivity index (χ4v) is 0. The monoisotopic (exact) mass is 463 g/mol. The smallest absolute Gasteiger partial charge is 1.00 e. The van der Waals surface area contributed by atoms with E-state index in [-0.39, 0.29) is 206 Å². The number of nitroso groups, excluding NO2 is 1.